The van der Waals surface area contributed by atoms with Gasteiger partial charge >= 0.3 is 0 Å². The van der Waals surface area contributed by atoms with Gasteiger partial charge in [0.2, 0.25) is 5.91 Å². The topological polar surface area (TPSA) is 49.3 Å². The van der Waals surface area contributed by atoms with Crippen LogP contribution >= 0.6 is 0 Å². The Morgan fingerprint density at radius 3 is 2.72 bits per heavy atom. The van der Waals surface area contributed by atoms with Crippen molar-refractivity contribution in [2.24, 2.45) is 0 Å². The van der Waals surface area contributed by atoms with Gasteiger partial charge in [0.15, 0.2) is 0 Å². The van der Waals surface area contributed by atoms with Crippen LogP contribution in [-0.2, 0) is 11.2 Å². The minimum absolute atomic E-state index is 0.0859. The van der Waals surface area contributed by atoms with Gasteiger partial charge in [0.1, 0.15) is 0 Å². The van der Waals surface area contributed by atoms with Crippen molar-refractivity contribution >= 4 is 5.91 Å². The summed E-state index contributed by atoms with van der Waals surface area (Å²) < 4.78 is 0. The van der Waals surface area contributed by atoms with Gasteiger partial charge < -0.3 is 10.4 Å². The zero-order chi connectivity index (χ0) is 13.2. The molecular formula is C15H23NO2. The van der Waals surface area contributed by atoms with E-state index < -0.39 is 0 Å². The fourth-order valence-electron chi connectivity index (χ4n) is 1.89. The quantitative estimate of drug-likeness (QED) is 0.694. The van der Waals surface area contributed by atoms with Crippen LogP contribution in [0.15, 0.2) is 24.3 Å². The highest BCUT2D eigenvalue weighted by atomic mass is 16.2. The lowest BCUT2D eigenvalue weighted by atomic mass is 10.1. The number of hydrogen-bond acceptors (Lipinski definition) is 2. The van der Waals surface area contributed by atoms with Gasteiger partial charge in [0.05, 0.1) is 6.42 Å². The fraction of sp³-hybridized carbons (Fsp3) is 0.533. The van der Waals surface area contributed by atoms with Gasteiger partial charge in [0.25, 0.3) is 0 Å². The van der Waals surface area contributed by atoms with Crippen LogP contribution in [0, 0.1) is 6.92 Å². The Kier molecular flexibility index (Phi) is 7.11. The standard InChI is InChI=1S/C15H23NO2/c1-13-7-6-8-14(11-13)12-15(18)16-9-4-2-3-5-10-17/h6-8,11,17H,2-5,9-10,12H2,1H3,(H,16,18). The highest BCUT2D eigenvalue weighted by Gasteiger charge is 2.02. The average Bonchev–Trinajstić information content (AvgIpc) is 2.33. The van der Waals surface area contributed by atoms with Crippen molar-refractivity contribution in [3.8, 4) is 0 Å². The summed E-state index contributed by atoms with van der Waals surface area (Å²) in [4.78, 5) is 11.7. The van der Waals surface area contributed by atoms with Gasteiger partial charge in [-0.2, -0.15) is 0 Å². The van der Waals surface area contributed by atoms with Crippen molar-refractivity contribution in [1.29, 1.82) is 0 Å². The molecule has 0 fully saturated rings. The second-order valence-corrected chi connectivity index (χ2v) is 4.65. The number of nitrogens with one attached hydrogen (secondary N) is 1. The maximum absolute atomic E-state index is 11.7. The van der Waals surface area contributed by atoms with Crippen molar-refractivity contribution in [3.63, 3.8) is 0 Å². The Labute approximate surface area is 109 Å². The Balaban J connectivity index is 2.14. The maximum Gasteiger partial charge on any atom is 0.224 e. The molecule has 2 N–H and O–H groups in total. The van der Waals surface area contributed by atoms with E-state index >= 15 is 0 Å². The highest BCUT2D eigenvalue weighted by Crippen LogP contribution is 2.04. The first-order chi connectivity index (χ1) is 8.72. The number of rotatable bonds is 8. The molecule has 3 nitrogen and oxygen atoms in total. The summed E-state index contributed by atoms with van der Waals surface area (Å²) in [6.45, 7) is 3.03. The second kappa shape index (κ2) is 8.70. The lowest BCUT2D eigenvalue weighted by Crippen LogP contribution is -2.26. The van der Waals surface area contributed by atoms with Crippen LogP contribution in [0.3, 0.4) is 0 Å². The summed E-state index contributed by atoms with van der Waals surface area (Å²) >= 11 is 0. The molecule has 0 saturated carbocycles. The summed E-state index contributed by atoms with van der Waals surface area (Å²) in [5.74, 6) is 0.0859. The third kappa shape index (κ3) is 6.40. The van der Waals surface area contributed by atoms with E-state index in [1.165, 1.54) is 5.56 Å². The van der Waals surface area contributed by atoms with Crippen molar-refractivity contribution in [3.05, 3.63) is 35.4 Å². The molecule has 0 bridgehead atoms. The molecule has 3 heteroatoms. The Morgan fingerprint density at radius 1 is 1.22 bits per heavy atom. The van der Waals surface area contributed by atoms with E-state index in [2.05, 4.69) is 5.32 Å². The molecule has 0 aliphatic heterocycles. The van der Waals surface area contributed by atoms with Crippen LogP contribution in [0.4, 0.5) is 0 Å². The third-order valence-corrected chi connectivity index (χ3v) is 2.85. The van der Waals surface area contributed by atoms with E-state index in [-0.39, 0.29) is 12.5 Å². The van der Waals surface area contributed by atoms with Crippen LogP contribution < -0.4 is 5.32 Å². The monoisotopic (exact) mass is 249 g/mol. The average molecular weight is 249 g/mol. The molecule has 1 aromatic carbocycles. The van der Waals surface area contributed by atoms with E-state index in [4.69, 9.17) is 5.11 Å². The van der Waals surface area contributed by atoms with E-state index in [1.807, 2.05) is 31.2 Å². The fourth-order valence-corrected chi connectivity index (χ4v) is 1.89. The number of hydrogen-bond donors (Lipinski definition) is 2. The number of aliphatic hydroxyl groups is 1. The predicted octanol–water partition coefficient (Wildman–Crippen LogP) is 2.21. The zero-order valence-electron chi connectivity index (χ0n) is 11.1. The number of benzene rings is 1. The Hall–Kier alpha value is -1.35. The Bertz CT molecular complexity index is 363. The molecular weight excluding hydrogens is 226 g/mol. The van der Waals surface area contributed by atoms with Crippen molar-refractivity contribution in [1.82, 2.24) is 5.32 Å². The molecule has 1 aromatic rings. The van der Waals surface area contributed by atoms with Crippen LogP contribution in [-0.4, -0.2) is 24.2 Å². The van der Waals surface area contributed by atoms with Crippen molar-refractivity contribution in [2.45, 2.75) is 39.0 Å². The zero-order valence-corrected chi connectivity index (χ0v) is 11.1. The molecule has 0 aromatic heterocycles. The molecule has 18 heavy (non-hydrogen) atoms. The normalized spacial score (nSPS) is 10.3. The molecule has 0 aliphatic carbocycles. The molecule has 100 valence electrons. The van der Waals surface area contributed by atoms with Gasteiger partial charge in [0, 0.05) is 13.2 Å². The minimum Gasteiger partial charge on any atom is -0.396 e. The molecule has 0 heterocycles. The van der Waals surface area contributed by atoms with Gasteiger partial charge in [-0.3, -0.25) is 4.79 Å². The number of unbranched alkanes of at least 4 members (excludes halogenated alkanes) is 3. The maximum atomic E-state index is 11.7. The first-order valence-corrected chi connectivity index (χ1v) is 6.65. The summed E-state index contributed by atoms with van der Waals surface area (Å²) in [6, 6.07) is 8.03. The number of carbonyl (C=O) groups excluding carboxylic acids is 1. The first-order valence-electron chi connectivity index (χ1n) is 6.65. The molecule has 0 unspecified atom stereocenters. The number of carbonyl (C=O) groups is 1. The van der Waals surface area contributed by atoms with E-state index in [1.54, 1.807) is 0 Å². The number of aryl methyl sites for hydroxylation is 1. The molecule has 0 spiro atoms. The number of amides is 1. The summed E-state index contributed by atoms with van der Waals surface area (Å²) in [7, 11) is 0. The largest absolute Gasteiger partial charge is 0.396 e. The lowest BCUT2D eigenvalue weighted by molar-refractivity contribution is -0.120. The highest BCUT2D eigenvalue weighted by molar-refractivity contribution is 5.78. The SMILES string of the molecule is Cc1cccc(CC(=O)NCCCCCCO)c1. The van der Waals surface area contributed by atoms with Crippen molar-refractivity contribution < 1.29 is 9.90 Å². The summed E-state index contributed by atoms with van der Waals surface area (Å²) in [5.41, 5.74) is 2.25. The molecule has 0 radical (unpaired) electrons. The smallest absolute Gasteiger partial charge is 0.224 e. The van der Waals surface area contributed by atoms with Crippen LogP contribution in [0.1, 0.15) is 36.8 Å². The first kappa shape index (κ1) is 14.7. The van der Waals surface area contributed by atoms with Gasteiger partial charge in [-0.25, -0.2) is 0 Å². The lowest BCUT2D eigenvalue weighted by Gasteiger charge is -2.05. The van der Waals surface area contributed by atoms with Crippen LogP contribution in [0.5, 0.6) is 0 Å². The molecule has 0 aliphatic rings. The minimum atomic E-state index is 0.0859. The molecule has 0 saturated heterocycles. The van der Waals surface area contributed by atoms with E-state index in [0.29, 0.717) is 6.42 Å². The summed E-state index contributed by atoms with van der Waals surface area (Å²) in [5, 5.41) is 11.6. The summed E-state index contributed by atoms with van der Waals surface area (Å²) in [6.07, 6.45) is 4.39. The van der Waals surface area contributed by atoms with Gasteiger partial charge in [-0.05, 0) is 25.3 Å². The van der Waals surface area contributed by atoms with Crippen LogP contribution in [0.2, 0.25) is 0 Å². The van der Waals surface area contributed by atoms with Gasteiger partial charge in [-0.1, -0.05) is 42.7 Å². The Morgan fingerprint density at radius 2 is 2.00 bits per heavy atom. The van der Waals surface area contributed by atoms with E-state index in [0.717, 1.165) is 37.8 Å². The molecule has 1 rings (SSSR count). The van der Waals surface area contributed by atoms with E-state index in [9.17, 15) is 4.79 Å². The third-order valence-electron chi connectivity index (χ3n) is 2.85. The van der Waals surface area contributed by atoms with Crippen LogP contribution in [0.25, 0.3) is 0 Å². The molecule has 0 atom stereocenters. The predicted molar refractivity (Wildman–Crippen MR) is 73.4 cm³/mol. The number of aliphatic hydroxyl groups excluding tert-OH is 1. The van der Waals surface area contributed by atoms with Gasteiger partial charge in [-0.15, -0.1) is 0 Å². The van der Waals surface area contributed by atoms with Crippen molar-refractivity contribution in [2.75, 3.05) is 13.2 Å². The second-order valence-electron chi connectivity index (χ2n) is 4.65. The molecule has 1 amide bonds.